The minimum absolute atomic E-state index is 0.190. The van der Waals surface area contributed by atoms with Gasteiger partial charge >= 0.3 is 0 Å². The predicted molar refractivity (Wildman–Crippen MR) is 97.2 cm³/mol. The molecule has 0 saturated carbocycles. The third-order valence-electron chi connectivity index (χ3n) is 4.65. The van der Waals surface area contributed by atoms with Crippen molar-refractivity contribution in [2.24, 2.45) is 5.73 Å². The van der Waals surface area contributed by atoms with Crippen LogP contribution in [-0.2, 0) is 6.54 Å². The van der Waals surface area contributed by atoms with Crippen LogP contribution in [0.1, 0.15) is 24.1 Å². The van der Waals surface area contributed by atoms with E-state index in [1.807, 2.05) is 24.3 Å². The van der Waals surface area contributed by atoms with E-state index in [9.17, 15) is 0 Å². The standard InChI is InChI=1S/C19H20N6/c20-10-14-7-8-16(22-11-14)13-25-18-6-2-1-5-17(18)23-19(25)24-9-3-4-15(21)12-24/h1-2,5-8,11,15H,3-4,9,12-13,21H2/t15-/m0/s1. The van der Waals surface area contributed by atoms with Crippen molar-refractivity contribution in [2.75, 3.05) is 18.0 Å². The van der Waals surface area contributed by atoms with E-state index in [1.54, 1.807) is 12.3 Å². The van der Waals surface area contributed by atoms with Crippen molar-refractivity contribution in [3.8, 4) is 6.07 Å². The van der Waals surface area contributed by atoms with Crippen molar-refractivity contribution in [1.29, 1.82) is 5.26 Å². The van der Waals surface area contributed by atoms with Gasteiger partial charge in [-0.2, -0.15) is 5.26 Å². The van der Waals surface area contributed by atoms with Crippen LogP contribution in [0, 0.1) is 11.3 Å². The number of hydrogen-bond acceptors (Lipinski definition) is 5. The molecule has 3 heterocycles. The van der Waals surface area contributed by atoms with Gasteiger partial charge in [0.15, 0.2) is 0 Å². The molecule has 0 spiro atoms. The highest BCUT2D eigenvalue weighted by Crippen LogP contribution is 2.25. The zero-order chi connectivity index (χ0) is 17.2. The summed E-state index contributed by atoms with van der Waals surface area (Å²) in [6, 6.07) is 14.1. The number of nitrogens with zero attached hydrogens (tertiary/aromatic N) is 5. The molecule has 2 aromatic heterocycles. The molecular formula is C19H20N6. The van der Waals surface area contributed by atoms with Crippen LogP contribution in [-0.4, -0.2) is 33.7 Å². The third kappa shape index (κ3) is 3.06. The zero-order valence-corrected chi connectivity index (χ0v) is 14.0. The van der Waals surface area contributed by atoms with E-state index in [0.717, 1.165) is 48.6 Å². The van der Waals surface area contributed by atoms with Crippen LogP contribution < -0.4 is 10.6 Å². The highest BCUT2D eigenvalue weighted by molar-refractivity contribution is 5.79. The molecule has 1 atom stereocenters. The normalized spacial score (nSPS) is 17.6. The summed E-state index contributed by atoms with van der Waals surface area (Å²) in [6.07, 6.45) is 3.76. The second kappa shape index (κ2) is 6.54. The number of nitrogens with two attached hydrogens (primary N) is 1. The third-order valence-corrected chi connectivity index (χ3v) is 4.65. The van der Waals surface area contributed by atoms with Gasteiger partial charge in [-0.1, -0.05) is 12.1 Å². The lowest BCUT2D eigenvalue weighted by atomic mass is 10.1. The van der Waals surface area contributed by atoms with Crippen LogP contribution in [0.2, 0.25) is 0 Å². The second-order valence-electron chi connectivity index (χ2n) is 6.49. The molecule has 2 N–H and O–H groups in total. The first kappa shape index (κ1) is 15.6. The number of anilines is 1. The summed E-state index contributed by atoms with van der Waals surface area (Å²) in [4.78, 5) is 11.5. The number of benzene rings is 1. The van der Waals surface area contributed by atoms with Gasteiger partial charge < -0.3 is 15.2 Å². The molecule has 6 heteroatoms. The first-order valence-electron chi connectivity index (χ1n) is 8.55. The van der Waals surface area contributed by atoms with Gasteiger partial charge in [0, 0.05) is 25.3 Å². The number of imidazole rings is 1. The van der Waals surface area contributed by atoms with Crippen molar-refractivity contribution in [2.45, 2.75) is 25.4 Å². The summed E-state index contributed by atoms with van der Waals surface area (Å²) in [6.45, 7) is 2.41. The lowest BCUT2D eigenvalue weighted by Gasteiger charge is -2.32. The van der Waals surface area contributed by atoms with Crippen molar-refractivity contribution in [3.63, 3.8) is 0 Å². The Morgan fingerprint density at radius 2 is 2.12 bits per heavy atom. The van der Waals surface area contributed by atoms with Crippen LogP contribution in [0.4, 0.5) is 5.95 Å². The molecule has 0 bridgehead atoms. The molecule has 1 saturated heterocycles. The smallest absolute Gasteiger partial charge is 0.206 e. The van der Waals surface area contributed by atoms with E-state index in [4.69, 9.17) is 16.0 Å². The van der Waals surface area contributed by atoms with Crippen molar-refractivity contribution in [1.82, 2.24) is 14.5 Å². The van der Waals surface area contributed by atoms with Crippen LogP contribution in [0.5, 0.6) is 0 Å². The number of rotatable bonds is 3. The van der Waals surface area contributed by atoms with Crippen LogP contribution in [0.3, 0.4) is 0 Å². The van der Waals surface area contributed by atoms with Gasteiger partial charge in [0.05, 0.1) is 28.8 Å². The topological polar surface area (TPSA) is 83.8 Å². The Morgan fingerprint density at radius 3 is 2.88 bits per heavy atom. The molecule has 1 aromatic carbocycles. The Bertz CT molecular complexity index is 921. The number of piperidine rings is 1. The first-order valence-corrected chi connectivity index (χ1v) is 8.55. The molecule has 0 amide bonds. The van der Waals surface area contributed by atoms with Gasteiger partial charge in [0.2, 0.25) is 5.95 Å². The molecule has 0 radical (unpaired) electrons. The highest BCUT2D eigenvalue weighted by atomic mass is 15.3. The largest absolute Gasteiger partial charge is 0.341 e. The van der Waals surface area contributed by atoms with Crippen molar-refractivity contribution >= 4 is 17.0 Å². The molecule has 126 valence electrons. The van der Waals surface area contributed by atoms with Gasteiger partial charge in [0.25, 0.3) is 0 Å². The van der Waals surface area contributed by atoms with E-state index < -0.39 is 0 Å². The minimum atomic E-state index is 0.190. The maximum atomic E-state index is 8.94. The van der Waals surface area contributed by atoms with E-state index in [2.05, 4.69) is 26.6 Å². The fourth-order valence-corrected chi connectivity index (χ4v) is 3.40. The summed E-state index contributed by atoms with van der Waals surface area (Å²) in [5, 5.41) is 8.94. The Labute approximate surface area is 146 Å². The number of nitriles is 1. The molecule has 25 heavy (non-hydrogen) atoms. The van der Waals surface area contributed by atoms with Gasteiger partial charge in [-0.25, -0.2) is 4.98 Å². The quantitative estimate of drug-likeness (QED) is 0.795. The average molecular weight is 332 g/mol. The predicted octanol–water partition coefficient (Wildman–Crippen LogP) is 2.28. The summed E-state index contributed by atoms with van der Waals surface area (Å²) < 4.78 is 2.20. The molecule has 1 fully saturated rings. The molecule has 0 aliphatic carbocycles. The van der Waals surface area contributed by atoms with Crippen LogP contribution in [0.25, 0.3) is 11.0 Å². The Hall–Kier alpha value is -2.91. The number of para-hydroxylation sites is 2. The van der Waals surface area contributed by atoms with Gasteiger partial charge in [0.1, 0.15) is 6.07 Å². The number of hydrogen-bond donors (Lipinski definition) is 1. The van der Waals surface area contributed by atoms with Crippen molar-refractivity contribution in [3.05, 3.63) is 53.9 Å². The first-order chi connectivity index (χ1) is 12.2. The summed E-state index contributed by atoms with van der Waals surface area (Å²) in [5.74, 6) is 0.947. The summed E-state index contributed by atoms with van der Waals surface area (Å²) >= 11 is 0. The number of fused-ring (bicyclic) bond motifs is 1. The maximum Gasteiger partial charge on any atom is 0.206 e. The Balaban J connectivity index is 1.74. The molecule has 4 rings (SSSR count). The minimum Gasteiger partial charge on any atom is -0.341 e. The fraction of sp³-hybridized carbons (Fsp3) is 0.316. The van der Waals surface area contributed by atoms with Gasteiger partial charge in [-0.05, 0) is 37.1 Å². The maximum absolute atomic E-state index is 8.94. The monoisotopic (exact) mass is 332 g/mol. The Morgan fingerprint density at radius 1 is 1.24 bits per heavy atom. The Kier molecular flexibility index (Phi) is 4.08. The van der Waals surface area contributed by atoms with E-state index in [1.165, 1.54) is 0 Å². The fourth-order valence-electron chi connectivity index (χ4n) is 3.40. The van der Waals surface area contributed by atoms with E-state index >= 15 is 0 Å². The van der Waals surface area contributed by atoms with Gasteiger partial charge in [-0.15, -0.1) is 0 Å². The molecule has 0 unspecified atom stereocenters. The number of pyridine rings is 1. The lowest BCUT2D eigenvalue weighted by molar-refractivity contribution is 0.495. The van der Waals surface area contributed by atoms with Crippen molar-refractivity contribution < 1.29 is 0 Å². The molecular weight excluding hydrogens is 312 g/mol. The zero-order valence-electron chi connectivity index (χ0n) is 14.0. The van der Waals surface area contributed by atoms with E-state index in [-0.39, 0.29) is 6.04 Å². The molecule has 1 aliphatic heterocycles. The molecule has 1 aliphatic rings. The van der Waals surface area contributed by atoms with Gasteiger partial charge in [-0.3, -0.25) is 4.98 Å². The average Bonchev–Trinajstić information content (AvgIpc) is 3.01. The number of aromatic nitrogens is 3. The second-order valence-corrected chi connectivity index (χ2v) is 6.49. The SMILES string of the molecule is N#Cc1ccc(Cn2c(N3CCC[C@H](N)C3)nc3ccccc32)nc1. The molecule has 6 nitrogen and oxygen atoms in total. The lowest BCUT2D eigenvalue weighted by Crippen LogP contribution is -2.44. The van der Waals surface area contributed by atoms with Crippen LogP contribution >= 0.6 is 0 Å². The van der Waals surface area contributed by atoms with E-state index in [0.29, 0.717) is 12.1 Å². The highest BCUT2D eigenvalue weighted by Gasteiger charge is 2.22. The summed E-state index contributed by atoms with van der Waals surface area (Å²) in [5.41, 5.74) is 9.71. The molecule has 3 aromatic rings. The van der Waals surface area contributed by atoms with Crippen LogP contribution in [0.15, 0.2) is 42.6 Å². The summed E-state index contributed by atoms with van der Waals surface area (Å²) in [7, 11) is 0.